The summed E-state index contributed by atoms with van der Waals surface area (Å²) in [5.74, 6) is -0.163. The monoisotopic (exact) mass is 402 g/mol. The fraction of sp³-hybridized carbons (Fsp3) is 0.619. The Hall–Kier alpha value is -1.74. The standard InChI is InChI=1S/C21H31BN2O5/c1-14(25)19-4-2-3-15-11-16(22(28)29-20(15)19)12-18(26)13-21(27)7-5-17(6-8-21)24-10-9-23/h2-4,16-17,24,27-28H,5-13,23H2,1H3/t16-,17?,21?/m1/s1. The molecule has 0 unspecified atom stereocenters. The van der Waals surface area contributed by atoms with Crippen LogP contribution in [0.5, 0.6) is 5.75 Å². The summed E-state index contributed by atoms with van der Waals surface area (Å²) in [7, 11) is -1.14. The third-order valence-electron chi connectivity index (χ3n) is 6.11. The Balaban J connectivity index is 1.56. The van der Waals surface area contributed by atoms with Gasteiger partial charge in [0.2, 0.25) is 0 Å². The summed E-state index contributed by atoms with van der Waals surface area (Å²) >= 11 is 0. The molecule has 5 N–H and O–H groups in total. The number of carbonyl (C=O) groups excluding carboxylic acids is 2. The second-order valence-corrected chi connectivity index (χ2v) is 8.48. The van der Waals surface area contributed by atoms with Crippen LogP contribution in [0.3, 0.4) is 0 Å². The Morgan fingerprint density at radius 2 is 2.07 bits per heavy atom. The van der Waals surface area contributed by atoms with E-state index < -0.39 is 12.7 Å². The zero-order valence-electron chi connectivity index (χ0n) is 17.0. The molecular formula is C21H31BN2O5. The molecule has 8 heteroatoms. The van der Waals surface area contributed by atoms with Crippen LogP contribution in [0.4, 0.5) is 0 Å². The van der Waals surface area contributed by atoms with E-state index in [0.717, 1.165) is 24.9 Å². The maximum Gasteiger partial charge on any atom is 0.526 e. The maximum atomic E-state index is 12.7. The van der Waals surface area contributed by atoms with Crippen molar-refractivity contribution in [3.05, 3.63) is 29.3 Å². The maximum absolute atomic E-state index is 12.7. The van der Waals surface area contributed by atoms with Crippen LogP contribution in [0.15, 0.2) is 18.2 Å². The number of Topliss-reactive ketones (excluding diaryl/α,β-unsaturated/α-hetero) is 2. The van der Waals surface area contributed by atoms with E-state index in [2.05, 4.69) is 5.32 Å². The fourth-order valence-electron chi connectivity index (χ4n) is 4.49. The van der Waals surface area contributed by atoms with E-state index in [1.807, 2.05) is 6.07 Å². The minimum Gasteiger partial charge on any atom is -0.535 e. The number of aliphatic hydroxyl groups is 1. The van der Waals surface area contributed by atoms with Gasteiger partial charge in [-0.3, -0.25) is 9.59 Å². The van der Waals surface area contributed by atoms with Gasteiger partial charge in [-0.05, 0) is 50.7 Å². The quantitative estimate of drug-likeness (QED) is 0.381. The first-order chi connectivity index (χ1) is 13.8. The third-order valence-corrected chi connectivity index (χ3v) is 6.11. The molecule has 1 fully saturated rings. The molecule has 2 aliphatic rings. The van der Waals surface area contributed by atoms with Gasteiger partial charge in [0.15, 0.2) is 5.78 Å². The predicted molar refractivity (Wildman–Crippen MR) is 111 cm³/mol. The first-order valence-electron chi connectivity index (χ1n) is 10.5. The van der Waals surface area contributed by atoms with Crippen LogP contribution in [0.1, 0.15) is 61.4 Å². The van der Waals surface area contributed by atoms with Crippen molar-refractivity contribution in [2.45, 2.75) is 69.3 Å². The zero-order valence-corrected chi connectivity index (χ0v) is 17.0. The number of nitrogens with one attached hydrogen (secondary N) is 1. The van der Waals surface area contributed by atoms with Crippen molar-refractivity contribution >= 4 is 18.7 Å². The van der Waals surface area contributed by atoms with Crippen LogP contribution >= 0.6 is 0 Å². The van der Waals surface area contributed by atoms with E-state index in [1.54, 1.807) is 12.1 Å². The van der Waals surface area contributed by atoms with Crippen molar-refractivity contribution in [1.29, 1.82) is 0 Å². The molecule has 158 valence electrons. The van der Waals surface area contributed by atoms with E-state index in [0.29, 0.717) is 43.2 Å². The first kappa shape index (κ1) is 22.0. The van der Waals surface area contributed by atoms with E-state index in [-0.39, 0.29) is 30.2 Å². The molecule has 3 rings (SSSR count). The molecule has 0 spiro atoms. The Morgan fingerprint density at radius 1 is 1.34 bits per heavy atom. The third kappa shape index (κ3) is 5.45. The summed E-state index contributed by atoms with van der Waals surface area (Å²) < 4.78 is 5.61. The Bertz CT molecular complexity index is 749. The second kappa shape index (κ2) is 9.39. The number of para-hydroxylation sites is 1. The van der Waals surface area contributed by atoms with E-state index >= 15 is 0 Å². The summed E-state index contributed by atoms with van der Waals surface area (Å²) in [6.45, 7) is 2.80. The van der Waals surface area contributed by atoms with E-state index in [4.69, 9.17) is 10.4 Å². The lowest BCUT2D eigenvalue weighted by atomic mass is 9.63. The van der Waals surface area contributed by atoms with Gasteiger partial charge in [0.05, 0.1) is 11.2 Å². The predicted octanol–water partition coefficient (Wildman–Crippen LogP) is 1.25. The Labute approximate surface area is 172 Å². The van der Waals surface area contributed by atoms with Crippen LogP contribution < -0.4 is 15.7 Å². The molecule has 1 aliphatic heterocycles. The molecule has 29 heavy (non-hydrogen) atoms. The fourth-order valence-corrected chi connectivity index (χ4v) is 4.49. The van der Waals surface area contributed by atoms with Crippen LogP contribution in [0.2, 0.25) is 5.82 Å². The highest BCUT2D eigenvalue weighted by Gasteiger charge is 2.40. The highest BCUT2D eigenvalue weighted by Crippen LogP contribution is 2.38. The second-order valence-electron chi connectivity index (χ2n) is 8.48. The van der Waals surface area contributed by atoms with E-state index in [1.165, 1.54) is 6.92 Å². The number of nitrogens with two attached hydrogens (primary N) is 1. The largest absolute Gasteiger partial charge is 0.535 e. The van der Waals surface area contributed by atoms with Crippen LogP contribution in [-0.4, -0.2) is 53.5 Å². The lowest BCUT2D eigenvalue weighted by molar-refractivity contribution is -0.125. The van der Waals surface area contributed by atoms with Gasteiger partial charge < -0.3 is 25.8 Å². The van der Waals surface area contributed by atoms with Gasteiger partial charge in [0.1, 0.15) is 11.5 Å². The summed E-state index contributed by atoms with van der Waals surface area (Å²) in [6, 6.07) is 5.66. The van der Waals surface area contributed by atoms with Gasteiger partial charge in [-0.25, -0.2) is 0 Å². The molecule has 1 heterocycles. The number of carbonyl (C=O) groups is 2. The topological polar surface area (TPSA) is 122 Å². The summed E-state index contributed by atoms with van der Waals surface area (Å²) in [4.78, 5) is 24.4. The number of hydrogen-bond acceptors (Lipinski definition) is 7. The highest BCUT2D eigenvalue weighted by molar-refractivity contribution is 6.47. The molecule has 7 nitrogen and oxygen atoms in total. The Morgan fingerprint density at radius 3 is 2.72 bits per heavy atom. The number of rotatable bonds is 8. The summed E-state index contributed by atoms with van der Waals surface area (Å²) in [6.07, 6.45) is 3.50. The molecule has 1 saturated carbocycles. The minimum absolute atomic E-state index is 0.0697. The van der Waals surface area contributed by atoms with Gasteiger partial charge in [-0.15, -0.1) is 0 Å². The molecule has 0 amide bonds. The van der Waals surface area contributed by atoms with Gasteiger partial charge in [0.25, 0.3) is 0 Å². The molecule has 1 aliphatic carbocycles. The van der Waals surface area contributed by atoms with Crippen molar-refractivity contribution < 1.29 is 24.4 Å². The number of benzene rings is 1. The molecule has 1 aromatic rings. The highest BCUT2D eigenvalue weighted by atomic mass is 16.5. The summed E-state index contributed by atoms with van der Waals surface area (Å²) in [5, 5.41) is 24.6. The lowest BCUT2D eigenvalue weighted by Crippen LogP contribution is -2.44. The van der Waals surface area contributed by atoms with Gasteiger partial charge in [-0.2, -0.15) is 0 Å². The number of fused-ring (bicyclic) bond motifs is 1. The van der Waals surface area contributed by atoms with Crippen molar-refractivity contribution in [2.75, 3.05) is 13.1 Å². The van der Waals surface area contributed by atoms with Crippen molar-refractivity contribution in [2.24, 2.45) is 5.73 Å². The zero-order chi connectivity index (χ0) is 21.0. The van der Waals surface area contributed by atoms with Crippen molar-refractivity contribution in [3.8, 4) is 5.75 Å². The molecular weight excluding hydrogens is 371 g/mol. The number of ketones is 2. The molecule has 0 aromatic heterocycles. The van der Waals surface area contributed by atoms with Gasteiger partial charge in [-0.1, -0.05) is 12.1 Å². The van der Waals surface area contributed by atoms with Crippen molar-refractivity contribution in [1.82, 2.24) is 5.32 Å². The Kier molecular flexibility index (Phi) is 7.11. The van der Waals surface area contributed by atoms with Crippen LogP contribution in [0.25, 0.3) is 0 Å². The van der Waals surface area contributed by atoms with Gasteiger partial charge >= 0.3 is 7.12 Å². The average molecular weight is 402 g/mol. The van der Waals surface area contributed by atoms with E-state index in [9.17, 15) is 19.7 Å². The van der Waals surface area contributed by atoms with Crippen LogP contribution in [-0.2, 0) is 11.2 Å². The SMILES string of the molecule is CC(=O)c1cccc2c1OB(O)[C@@H](CC(=O)CC1(O)CCC(NCCN)CC1)C2. The summed E-state index contributed by atoms with van der Waals surface area (Å²) in [5.41, 5.74) is 5.81. The molecule has 0 saturated heterocycles. The number of hydrogen-bond donors (Lipinski definition) is 4. The molecule has 1 atom stereocenters. The first-order valence-corrected chi connectivity index (χ1v) is 10.5. The molecule has 0 radical (unpaired) electrons. The van der Waals surface area contributed by atoms with Crippen molar-refractivity contribution in [3.63, 3.8) is 0 Å². The van der Waals surface area contributed by atoms with Gasteiger partial charge in [0, 0.05) is 37.8 Å². The molecule has 1 aromatic carbocycles. The molecule has 0 bridgehead atoms. The average Bonchev–Trinajstić information content (AvgIpc) is 2.67. The normalized spacial score (nSPS) is 26.6. The van der Waals surface area contributed by atoms with Crippen LogP contribution in [0, 0.1) is 0 Å². The smallest absolute Gasteiger partial charge is 0.526 e. The lowest BCUT2D eigenvalue weighted by Gasteiger charge is -2.36. The minimum atomic E-state index is -1.14.